The van der Waals surface area contributed by atoms with Crippen molar-refractivity contribution < 1.29 is 4.79 Å². The summed E-state index contributed by atoms with van der Waals surface area (Å²) in [6.45, 7) is 5.05. The molecule has 130 valence electrons. The average molecular weight is 356 g/mol. The van der Waals surface area contributed by atoms with Gasteiger partial charge in [0.15, 0.2) is 5.65 Å². The van der Waals surface area contributed by atoms with E-state index in [1.165, 1.54) is 11.1 Å². The number of thiazole rings is 1. The summed E-state index contributed by atoms with van der Waals surface area (Å²) in [5, 5.41) is 4.36. The van der Waals surface area contributed by atoms with Crippen LogP contribution in [0, 0.1) is 6.92 Å². The van der Waals surface area contributed by atoms with Crippen molar-refractivity contribution in [3.63, 3.8) is 0 Å². The van der Waals surface area contributed by atoms with E-state index in [-0.39, 0.29) is 0 Å². The van der Waals surface area contributed by atoms with Crippen molar-refractivity contribution in [1.29, 1.82) is 0 Å². The van der Waals surface area contributed by atoms with Crippen LogP contribution in [0.4, 0.5) is 0 Å². The molecule has 0 saturated carbocycles. The molecule has 0 unspecified atom stereocenters. The molecule has 0 aliphatic carbocycles. The quantitative estimate of drug-likeness (QED) is 0.772. The first-order valence-electron chi connectivity index (χ1n) is 8.37. The average Bonchev–Trinajstić information content (AvgIpc) is 3.21. The van der Waals surface area contributed by atoms with Gasteiger partial charge in [0.2, 0.25) is 0 Å². The third-order valence-corrected chi connectivity index (χ3v) is 5.75. The van der Waals surface area contributed by atoms with Crippen molar-refractivity contribution >= 4 is 22.9 Å². The van der Waals surface area contributed by atoms with Gasteiger partial charge in [-0.25, -0.2) is 14.5 Å². The van der Waals surface area contributed by atoms with Crippen molar-refractivity contribution in [3.8, 4) is 0 Å². The third kappa shape index (κ3) is 3.03. The minimum atomic E-state index is -0.495. The van der Waals surface area contributed by atoms with E-state index in [2.05, 4.69) is 26.9 Å². The van der Waals surface area contributed by atoms with Crippen molar-refractivity contribution in [3.05, 3.63) is 45.8 Å². The van der Waals surface area contributed by atoms with Gasteiger partial charge in [-0.3, -0.25) is 9.69 Å². The zero-order valence-corrected chi connectivity index (χ0v) is 14.9. The Hall–Kier alpha value is -2.32. The molecule has 0 radical (unpaired) electrons. The number of hydrogen-bond acceptors (Lipinski definition) is 6. The molecule has 1 aliphatic heterocycles. The first-order chi connectivity index (χ1) is 12.1. The second-order valence-corrected chi connectivity index (χ2v) is 7.40. The van der Waals surface area contributed by atoms with Crippen molar-refractivity contribution in [2.24, 2.45) is 5.73 Å². The van der Waals surface area contributed by atoms with E-state index in [1.807, 2.05) is 11.6 Å². The highest BCUT2D eigenvalue weighted by Gasteiger charge is 2.25. The Bertz CT molecular complexity index is 917. The molecule has 1 fully saturated rings. The van der Waals surface area contributed by atoms with Gasteiger partial charge in [-0.1, -0.05) is 0 Å². The predicted octanol–water partition coefficient (Wildman–Crippen LogP) is 1.97. The van der Waals surface area contributed by atoms with E-state index in [1.54, 1.807) is 22.0 Å². The van der Waals surface area contributed by atoms with Crippen LogP contribution in [0.25, 0.3) is 5.65 Å². The molecule has 3 aromatic rings. The van der Waals surface area contributed by atoms with Gasteiger partial charge in [0.05, 0.1) is 23.1 Å². The maximum atomic E-state index is 11.5. The van der Waals surface area contributed by atoms with Gasteiger partial charge in [0, 0.05) is 30.1 Å². The van der Waals surface area contributed by atoms with Gasteiger partial charge in [-0.15, -0.1) is 11.3 Å². The second kappa shape index (κ2) is 6.53. The minimum Gasteiger partial charge on any atom is -0.365 e. The summed E-state index contributed by atoms with van der Waals surface area (Å²) in [7, 11) is 0. The number of nitrogens with zero attached hydrogens (tertiary/aromatic N) is 5. The Morgan fingerprint density at radius 1 is 1.44 bits per heavy atom. The van der Waals surface area contributed by atoms with Crippen LogP contribution in [0.3, 0.4) is 0 Å². The lowest BCUT2D eigenvalue weighted by Crippen LogP contribution is -2.34. The lowest BCUT2D eigenvalue weighted by atomic mass is 9.94. The molecule has 0 bridgehead atoms. The summed E-state index contributed by atoms with van der Waals surface area (Å²) in [4.78, 5) is 24.0. The number of carbonyl (C=O) groups excluding carboxylic acids is 1. The highest BCUT2D eigenvalue weighted by Crippen LogP contribution is 2.29. The lowest BCUT2D eigenvalue weighted by Gasteiger charge is -2.32. The molecule has 4 heterocycles. The Kier molecular flexibility index (Phi) is 4.22. The van der Waals surface area contributed by atoms with Crippen LogP contribution in [-0.4, -0.2) is 43.5 Å². The maximum absolute atomic E-state index is 11.5. The van der Waals surface area contributed by atoms with Gasteiger partial charge >= 0.3 is 0 Å². The predicted molar refractivity (Wildman–Crippen MR) is 95.6 cm³/mol. The van der Waals surface area contributed by atoms with Crippen LogP contribution in [0.5, 0.6) is 0 Å². The largest absolute Gasteiger partial charge is 0.365 e. The van der Waals surface area contributed by atoms with Gasteiger partial charge in [0.25, 0.3) is 5.91 Å². The van der Waals surface area contributed by atoms with Crippen LogP contribution >= 0.6 is 11.3 Å². The molecule has 4 rings (SSSR count). The highest BCUT2D eigenvalue weighted by atomic mass is 32.1. The summed E-state index contributed by atoms with van der Waals surface area (Å²) in [5.41, 5.74) is 10.5. The zero-order valence-electron chi connectivity index (χ0n) is 14.1. The number of rotatable bonds is 4. The fourth-order valence-corrected chi connectivity index (χ4v) is 4.33. The number of primary amides is 1. The van der Waals surface area contributed by atoms with E-state index >= 15 is 0 Å². The van der Waals surface area contributed by atoms with Crippen LogP contribution in [0.1, 0.15) is 45.4 Å². The number of hydrogen-bond donors (Lipinski definition) is 1. The monoisotopic (exact) mass is 356 g/mol. The first-order valence-corrected chi connectivity index (χ1v) is 9.25. The number of aromatic nitrogens is 4. The summed E-state index contributed by atoms with van der Waals surface area (Å²) in [5.74, 6) is -0.140. The Balaban J connectivity index is 1.60. The smallest absolute Gasteiger partial charge is 0.254 e. The summed E-state index contributed by atoms with van der Waals surface area (Å²) < 4.78 is 1.77. The number of nitrogens with two attached hydrogens (primary N) is 1. The molecule has 1 saturated heterocycles. The molecule has 8 heteroatoms. The molecule has 0 aromatic carbocycles. The van der Waals surface area contributed by atoms with Gasteiger partial charge in [0.1, 0.15) is 5.56 Å². The Morgan fingerprint density at radius 2 is 2.32 bits per heavy atom. The van der Waals surface area contributed by atoms with Gasteiger partial charge in [-0.05, 0) is 32.4 Å². The first kappa shape index (κ1) is 16.2. The molecular weight excluding hydrogens is 336 g/mol. The number of fused-ring (bicyclic) bond motifs is 1. The molecule has 1 aliphatic rings. The zero-order chi connectivity index (χ0) is 17.4. The van der Waals surface area contributed by atoms with E-state index < -0.39 is 5.91 Å². The normalized spacial score (nSPS) is 18.7. The SMILES string of the molecule is Cc1ncsc1CN1CCC[C@H](c2ccnc3c(C(N)=O)cnn23)C1. The van der Waals surface area contributed by atoms with E-state index in [0.29, 0.717) is 17.1 Å². The molecule has 25 heavy (non-hydrogen) atoms. The van der Waals surface area contributed by atoms with E-state index in [9.17, 15) is 4.79 Å². The second-order valence-electron chi connectivity index (χ2n) is 6.46. The Labute approximate surface area is 149 Å². The number of piperidine rings is 1. The minimum absolute atomic E-state index is 0.355. The highest BCUT2D eigenvalue weighted by molar-refractivity contribution is 7.09. The standard InChI is InChI=1S/C17H20N6OS/c1-11-15(25-10-20-11)9-22-6-2-3-12(8-22)14-4-5-19-17-13(16(18)24)7-21-23(14)17/h4-5,7,10,12H,2-3,6,8-9H2,1H3,(H2,18,24)/t12-/m0/s1. The van der Waals surface area contributed by atoms with Crippen LogP contribution in [-0.2, 0) is 6.54 Å². The number of carbonyl (C=O) groups is 1. The summed E-state index contributed by atoms with van der Waals surface area (Å²) >= 11 is 1.72. The number of amides is 1. The molecule has 1 amide bonds. The van der Waals surface area contributed by atoms with Gasteiger partial charge < -0.3 is 5.73 Å². The van der Waals surface area contributed by atoms with E-state index in [0.717, 1.165) is 43.9 Å². The number of aryl methyl sites for hydroxylation is 1. The summed E-state index contributed by atoms with van der Waals surface area (Å²) in [6, 6.07) is 2.00. The van der Waals surface area contributed by atoms with Gasteiger partial charge in [-0.2, -0.15) is 5.10 Å². The molecule has 7 nitrogen and oxygen atoms in total. The van der Waals surface area contributed by atoms with Crippen molar-refractivity contribution in [1.82, 2.24) is 24.5 Å². The molecule has 2 N–H and O–H groups in total. The topological polar surface area (TPSA) is 89.4 Å². The number of likely N-dealkylation sites (tertiary alicyclic amines) is 1. The lowest BCUT2D eigenvalue weighted by molar-refractivity contribution is 0.100. The molecule has 3 aromatic heterocycles. The van der Waals surface area contributed by atoms with Crippen LogP contribution < -0.4 is 5.73 Å². The van der Waals surface area contributed by atoms with Crippen LogP contribution in [0.2, 0.25) is 0 Å². The van der Waals surface area contributed by atoms with E-state index in [4.69, 9.17) is 5.73 Å². The van der Waals surface area contributed by atoms with Crippen molar-refractivity contribution in [2.45, 2.75) is 32.2 Å². The molecule has 0 spiro atoms. The van der Waals surface area contributed by atoms with Crippen LogP contribution in [0.15, 0.2) is 24.0 Å². The fraction of sp³-hybridized carbons (Fsp3) is 0.412. The third-order valence-electron chi connectivity index (χ3n) is 4.83. The fourth-order valence-electron chi connectivity index (χ4n) is 3.51. The molecular formula is C17H20N6OS. The Morgan fingerprint density at radius 3 is 3.08 bits per heavy atom. The van der Waals surface area contributed by atoms with Crippen molar-refractivity contribution in [2.75, 3.05) is 13.1 Å². The maximum Gasteiger partial charge on any atom is 0.254 e. The summed E-state index contributed by atoms with van der Waals surface area (Å²) in [6.07, 6.45) is 5.49. The molecule has 1 atom stereocenters.